The van der Waals surface area contributed by atoms with Gasteiger partial charge in [-0.25, -0.2) is 0 Å². The van der Waals surface area contributed by atoms with E-state index in [1.54, 1.807) is 6.07 Å². The van der Waals surface area contributed by atoms with Crippen LogP contribution in [0.2, 0.25) is 0 Å². The molecule has 1 fully saturated rings. The summed E-state index contributed by atoms with van der Waals surface area (Å²) in [5, 5.41) is 22.8. The van der Waals surface area contributed by atoms with Gasteiger partial charge in [0, 0.05) is 30.9 Å². The van der Waals surface area contributed by atoms with Crippen LogP contribution in [0.15, 0.2) is 23.4 Å². The fourth-order valence-electron chi connectivity index (χ4n) is 2.80. The molecule has 3 N–H and O–H groups in total. The number of nitrogens with two attached hydrogens (primary N) is 1. The quantitative estimate of drug-likeness (QED) is 0.292. The van der Waals surface area contributed by atoms with E-state index in [1.807, 2.05) is 0 Å². The fraction of sp³-hybridized carbons (Fsp3) is 0.500. The van der Waals surface area contributed by atoms with Crippen LogP contribution in [0, 0.1) is 15.5 Å². The molecular weight excluding hydrogens is 272 g/mol. The van der Waals surface area contributed by atoms with Gasteiger partial charge in [-0.15, -0.1) is 0 Å². The van der Waals surface area contributed by atoms with Gasteiger partial charge < -0.3 is 15.8 Å². The lowest BCUT2D eigenvalue weighted by atomic mass is 9.84. The third-order valence-corrected chi connectivity index (χ3v) is 3.82. The highest BCUT2D eigenvalue weighted by molar-refractivity contribution is 6.02. The molecule has 21 heavy (non-hydrogen) atoms. The SMILES string of the molecule is CC1(C)CCCN(c2ccc([N+](=O)[O-])cc2C(N)=NO)C1. The van der Waals surface area contributed by atoms with Crippen molar-refractivity contribution in [3.05, 3.63) is 33.9 Å². The number of nitro groups is 1. The van der Waals surface area contributed by atoms with E-state index < -0.39 is 4.92 Å². The Labute approximate surface area is 123 Å². The average molecular weight is 292 g/mol. The minimum Gasteiger partial charge on any atom is -0.409 e. The first-order valence-corrected chi connectivity index (χ1v) is 6.85. The van der Waals surface area contributed by atoms with Crippen molar-refractivity contribution >= 4 is 17.2 Å². The monoisotopic (exact) mass is 292 g/mol. The summed E-state index contributed by atoms with van der Waals surface area (Å²) < 4.78 is 0. The average Bonchev–Trinajstić information content (AvgIpc) is 2.44. The Balaban J connectivity index is 2.45. The number of oxime groups is 1. The van der Waals surface area contributed by atoms with Gasteiger partial charge in [0.05, 0.1) is 10.5 Å². The molecule has 7 nitrogen and oxygen atoms in total. The number of nitro benzene ring substituents is 1. The Morgan fingerprint density at radius 3 is 2.81 bits per heavy atom. The fourth-order valence-corrected chi connectivity index (χ4v) is 2.80. The van der Waals surface area contributed by atoms with Crippen LogP contribution in [0.3, 0.4) is 0 Å². The molecule has 0 radical (unpaired) electrons. The molecular formula is C14H20N4O3. The molecule has 0 unspecified atom stereocenters. The van der Waals surface area contributed by atoms with Crippen molar-refractivity contribution in [3.63, 3.8) is 0 Å². The Morgan fingerprint density at radius 2 is 2.24 bits per heavy atom. The second kappa shape index (κ2) is 5.59. The van der Waals surface area contributed by atoms with Crippen molar-refractivity contribution in [2.45, 2.75) is 26.7 Å². The number of piperidine rings is 1. The number of rotatable bonds is 3. The van der Waals surface area contributed by atoms with Crippen molar-refractivity contribution in [3.8, 4) is 0 Å². The van der Waals surface area contributed by atoms with E-state index in [9.17, 15) is 10.1 Å². The van der Waals surface area contributed by atoms with Gasteiger partial charge in [0.1, 0.15) is 0 Å². The van der Waals surface area contributed by atoms with Gasteiger partial charge in [-0.1, -0.05) is 19.0 Å². The first-order valence-electron chi connectivity index (χ1n) is 6.85. The zero-order valence-electron chi connectivity index (χ0n) is 12.2. The molecule has 0 spiro atoms. The number of benzene rings is 1. The van der Waals surface area contributed by atoms with Crippen molar-refractivity contribution < 1.29 is 10.1 Å². The molecule has 0 amide bonds. The van der Waals surface area contributed by atoms with E-state index in [0.29, 0.717) is 5.56 Å². The normalized spacial score (nSPS) is 18.6. The Kier molecular flexibility index (Phi) is 4.02. The summed E-state index contributed by atoms with van der Waals surface area (Å²) >= 11 is 0. The summed E-state index contributed by atoms with van der Waals surface area (Å²) in [7, 11) is 0. The lowest BCUT2D eigenvalue weighted by Crippen LogP contribution is -2.41. The summed E-state index contributed by atoms with van der Waals surface area (Å²) in [4.78, 5) is 12.6. The summed E-state index contributed by atoms with van der Waals surface area (Å²) in [5.41, 5.74) is 6.95. The molecule has 1 saturated heterocycles. The first-order chi connectivity index (χ1) is 9.84. The van der Waals surface area contributed by atoms with Crippen LogP contribution in [-0.2, 0) is 0 Å². The van der Waals surface area contributed by atoms with Crippen LogP contribution < -0.4 is 10.6 Å². The van der Waals surface area contributed by atoms with Gasteiger partial charge in [-0.05, 0) is 24.3 Å². The van der Waals surface area contributed by atoms with Gasteiger partial charge in [-0.3, -0.25) is 10.1 Å². The summed E-state index contributed by atoms with van der Waals surface area (Å²) in [6.07, 6.45) is 2.18. The molecule has 1 aromatic rings. The van der Waals surface area contributed by atoms with Crippen LogP contribution in [0.4, 0.5) is 11.4 Å². The molecule has 1 aliphatic rings. The number of hydrogen-bond acceptors (Lipinski definition) is 5. The van der Waals surface area contributed by atoms with E-state index in [2.05, 4.69) is 23.9 Å². The molecule has 114 valence electrons. The number of anilines is 1. The van der Waals surface area contributed by atoms with Crippen molar-refractivity contribution in [2.24, 2.45) is 16.3 Å². The minimum atomic E-state index is -0.488. The maximum atomic E-state index is 10.9. The molecule has 1 heterocycles. The topological polar surface area (TPSA) is 105 Å². The Hall–Kier alpha value is -2.31. The molecule has 1 aromatic carbocycles. The highest BCUT2D eigenvalue weighted by Gasteiger charge is 2.28. The van der Waals surface area contributed by atoms with Crippen LogP contribution in [-0.4, -0.2) is 29.1 Å². The van der Waals surface area contributed by atoms with Crippen molar-refractivity contribution in [1.29, 1.82) is 0 Å². The van der Waals surface area contributed by atoms with E-state index in [1.165, 1.54) is 12.1 Å². The Morgan fingerprint density at radius 1 is 1.52 bits per heavy atom. The van der Waals surface area contributed by atoms with E-state index in [-0.39, 0.29) is 16.9 Å². The van der Waals surface area contributed by atoms with Crippen LogP contribution in [0.25, 0.3) is 0 Å². The molecule has 7 heteroatoms. The predicted molar refractivity (Wildman–Crippen MR) is 80.8 cm³/mol. The third kappa shape index (κ3) is 3.24. The smallest absolute Gasteiger partial charge is 0.270 e. The highest BCUT2D eigenvalue weighted by atomic mass is 16.6. The molecule has 0 bridgehead atoms. The van der Waals surface area contributed by atoms with Crippen LogP contribution in [0.5, 0.6) is 0 Å². The maximum absolute atomic E-state index is 10.9. The molecule has 0 aromatic heterocycles. The molecule has 0 atom stereocenters. The lowest BCUT2D eigenvalue weighted by Gasteiger charge is -2.40. The van der Waals surface area contributed by atoms with Crippen molar-refractivity contribution in [1.82, 2.24) is 0 Å². The third-order valence-electron chi connectivity index (χ3n) is 3.82. The first kappa shape index (κ1) is 15.1. The zero-order valence-corrected chi connectivity index (χ0v) is 12.2. The van der Waals surface area contributed by atoms with Crippen LogP contribution in [0.1, 0.15) is 32.3 Å². The van der Waals surface area contributed by atoms with Gasteiger partial charge in [0.2, 0.25) is 0 Å². The summed E-state index contributed by atoms with van der Waals surface area (Å²) in [6, 6.07) is 4.48. The van der Waals surface area contributed by atoms with Gasteiger partial charge >= 0.3 is 0 Å². The second-order valence-electron chi connectivity index (χ2n) is 6.13. The van der Waals surface area contributed by atoms with Gasteiger partial charge in [0.15, 0.2) is 5.84 Å². The lowest BCUT2D eigenvalue weighted by molar-refractivity contribution is -0.384. The highest BCUT2D eigenvalue weighted by Crippen LogP contribution is 2.34. The number of hydrogen-bond donors (Lipinski definition) is 2. The molecule has 0 saturated carbocycles. The van der Waals surface area contributed by atoms with Gasteiger partial charge in [0.25, 0.3) is 5.69 Å². The van der Waals surface area contributed by atoms with Gasteiger partial charge in [-0.2, -0.15) is 0 Å². The Bertz CT molecular complexity index is 584. The minimum absolute atomic E-state index is 0.0726. The largest absolute Gasteiger partial charge is 0.409 e. The summed E-state index contributed by atoms with van der Waals surface area (Å²) in [6.45, 7) is 6.06. The molecule has 0 aliphatic carbocycles. The van der Waals surface area contributed by atoms with E-state index >= 15 is 0 Å². The van der Waals surface area contributed by atoms with E-state index in [4.69, 9.17) is 10.9 Å². The van der Waals surface area contributed by atoms with Crippen molar-refractivity contribution in [2.75, 3.05) is 18.0 Å². The number of amidine groups is 1. The maximum Gasteiger partial charge on any atom is 0.270 e. The van der Waals surface area contributed by atoms with Crippen LogP contribution >= 0.6 is 0 Å². The summed E-state index contributed by atoms with van der Waals surface area (Å²) in [5.74, 6) is -0.114. The number of non-ortho nitro benzene ring substituents is 1. The number of nitrogens with zero attached hydrogens (tertiary/aromatic N) is 3. The molecule has 2 rings (SSSR count). The standard InChI is InChI=1S/C14H20N4O3/c1-14(2)6-3-7-17(9-14)12-5-4-10(18(20)21)8-11(12)13(15)16-19/h4-5,8,19H,3,6-7,9H2,1-2H3,(H2,15,16). The second-order valence-corrected chi connectivity index (χ2v) is 6.13. The van der Waals surface area contributed by atoms with E-state index in [0.717, 1.165) is 31.6 Å². The zero-order chi connectivity index (χ0) is 15.6. The molecule has 1 aliphatic heterocycles. The predicted octanol–water partition coefficient (Wildman–Crippen LogP) is 2.32.